The molecule has 0 fully saturated rings. The summed E-state index contributed by atoms with van der Waals surface area (Å²) in [6.45, 7) is 13.3. The molecule has 1 aliphatic carbocycles. The molecule has 1 amide bonds. The number of carbonyl (C=O) groups excluding carboxylic acids is 1. The van der Waals surface area contributed by atoms with E-state index in [4.69, 9.17) is 5.73 Å². The molecule has 144 valence electrons. The molecule has 0 saturated heterocycles. The first-order valence-corrected chi connectivity index (χ1v) is 9.57. The highest BCUT2D eigenvalue weighted by Crippen LogP contribution is 2.40. The molecule has 3 nitrogen and oxygen atoms in total. The summed E-state index contributed by atoms with van der Waals surface area (Å²) in [6, 6.07) is -0.468. The third-order valence-corrected chi connectivity index (χ3v) is 4.89. The van der Waals surface area contributed by atoms with Crippen LogP contribution in [-0.2, 0) is 4.79 Å². The van der Waals surface area contributed by atoms with E-state index in [1.165, 1.54) is 36.0 Å². The lowest BCUT2D eigenvalue weighted by Gasteiger charge is -2.32. The van der Waals surface area contributed by atoms with Crippen LogP contribution in [0.15, 0.2) is 58.7 Å². The SMILES string of the molecule is CC(C=CC1=C(C)CCCC1(C)C)=CC=CC(C)=CCNC(=O)[C@@H](C)N. The van der Waals surface area contributed by atoms with Gasteiger partial charge >= 0.3 is 0 Å². The average Bonchev–Trinajstić information content (AvgIpc) is 2.53. The van der Waals surface area contributed by atoms with Gasteiger partial charge in [-0.15, -0.1) is 0 Å². The Balaban J connectivity index is 2.62. The van der Waals surface area contributed by atoms with Crippen molar-refractivity contribution >= 4 is 5.91 Å². The van der Waals surface area contributed by atoms with E-state index in [9.17, 15) is 4.79 Å². The van der Waals surface area contributed by atoms with Gasteiger partial charge in [0.1, 0.15) is 0 Å². The van der Waals surface area contributed by atoms with E-state index < -0.39 is 6.04 Å². The number of nitrogens with two attached hydrogens (primary N) is 1. The van der Waals surface area contributed by atoms with Crippen molar-refractivity contribution in [3.63, 3.8) is 0 Å². The number of allylic oxidation sites excluding steroid dienone is 9. The number of nitrogens with one attached hydrogen (secondary N) is 1. The maximum atomic E-state index is 11.4. The quantitative estimate of drug-likeness (QED) is 0.632. The number of amides is 1. The first-order valence-electron chi connectivity index (χ1n) is 9.57. The molecule has 0 aliphatic heterocycles. The number of hydrogen-bond acceptors (Lipinski definition) is 2. The van der Waals surface area contributed by atoms with Crippen molar-refractivity contribution in [2.75, 3.05) is 6.54 Å². The second-order valence-electron chi connectivity index (χ2n) is 8.02. The van der Waals surface area contributed by atoms with Gasteiger partial charge in [0, 0.05) is 6.54 Å². The average molecular weight is 357 g/mol. The Morgan fingerprint density at radius 3 is 2.58 bits per heavy atom. The second kappa shape index (κ2) is 10.3. The highest BCUT2D eigenvalue weighted by molar-refractivity contribution is 5.81. The zero-order chi connectivity index (χ0) is 19.7. The van der Waals surface area contributed by atoms with E-state index >= 15 is 0 Å². The number of carbonyl (C=O) groups is 1. The largest absolute Gasteiger partial charge is 0.351 e. The third kappa shape index (κ3) is 7.57. The summed E-state index contributed by atoms with van der Waals surface area (Å²) in [4.78, 5) is 11.4. The summed E-state index contributed by atoms with van der Waals surface area (Å²) in [5.74, 6) is -0.130. The summed E-state index contributed by atoms with van der Waals surface area (Å²) in [5.41, 5.74) is 11.1. The van der Waals surface area contributed by atoms with Crippen LogP contribution < -0.4 is 11.1 Å². The van der Waals surface area contributed by atoms with Gasteiger partial charge in [0.15, 0.2) is 0 Å². The monoisotopic (exact) mass is 356 g/mol. The number of rotatable bonds is 7. The molecule has 26 heavy (non-hydrogen) atoms. The van der Waals surface area contributed by atoms with E-state index in [1.807, 2.05) is 25.2 Å². The van der Waals surface area contributed by atoms with E-state index in [0.29, 0.717) is 6.54 Å². The van der Waals surface area contributed by atoms with E-state index in [2.05, 4.69) is 51.2 Å². The first kappa shape index (κ1) is 22.2. The molecule has 1 rings (SSSR count). The summed E-state index contributed by atoms with van der Waals surface area (Å²) in [6.07, 6.45) is 16.5. The lowest BCUT2D eigenvalue weighted by Crippen LogP contribution is -2.38. The van der Waals surface area contributed by atoms with Crippen LogP contribution >= 0.6 is 0 Å². The fourth-order valence-corrected chi connectivity index (χ4v) is 3.17. The molecule has 3 heteroatoms. The zero-order valence-electron chi connectivity index (χ0n) is 17.4. The predicted octanol–water partition coefficient (Wildman–Crippen LogP) is 4.98. The van der Waals surface area contributed by atoms with Crippen LogP contribution in [0.5, 0.6) is 0 Å². The molecule has 0 aromatic rings. The molecule has 0 radical (unpaired) electrons. The van der Waals surface area contributed by atoms with Crippen molar-refractivity contribution in [3.05, 3.63) is 58.7 Å². The van der Waals surface area contributed by atoms with Gasteiger partial charge in [0.25, 0.3) is 0 Å². The van der Waals surface area contributed by atoms with Gasteiger partial charge in [-0.2, -0.15) is 0 Å². The number of hydrogen-bond donors (Lipinski definition) is 2. The standard InChI is InChI=1S/C23H36N2O/c1-17(12-13-21-19(3)11-8-15-23(21,5)6)9-7-10-18(2)14-16-25-22(26)20(4)24/h7,9-10,12-14,20H,8,11,15-16,24H2,1-6H3,(H,25,26)/t20-/m1/s1. The lowest BCUT2D eigenvalue weighted by atomic mass is 9.72. The van der Waals surface area contributed by atoms with E-state index in [-0.39, 0.29) is 11.3 Å². The molecule has 0 saturated carbocycles. The Kier molecular flexibility index (Phi) is 8.80. The topological polar surface area (TPSA) is 55.1 Å². The van der Waals surface area contributed by atoms with Crippen molar-refractivity contribution in [3.8, 4) is 0 Å². The van der Waals surface area contributed by atoms with Crippen LogP contribution in [0.4, 0.5) is 0 Å². The van der Waals surface area contributed by atoms with Gasteiger partial charge < -0.3 is 11.1 Å². The van der Waals surface area contributed by atoms with Gasteiger partial charge in [-0.1, -0.05) is 67.0 Å². The Hall–Kier alpha value is -1.87. The molecular formula is C23H36N2O. The third-order valence-electron chi connectivity index (χ3n) is 4.89. The van der Waals surface area contributed by atoms with Gasteiger partial charge in [-0.05, 0) is 57.9 Å². The highest BCUT2D eigenvalue weighted by Gasteiger charge is 2.26. The Labute approximate surface area is 159 Å². The van der Waals surface area contributed by atoms with Crippen LogP contribution in [-0.4, -0.2) is 18.5 Å². The second-order valence-corrected chi connectivity index (χ2v) is 8.02. The summed E-state index contributed by atoms with van der Waals surface area (Å²) in [7, 11) is 0. The summed E-state index contributed by atoms with van der Waals surface area (Å²) in [5, 5.41) is 2.77. The van der Waals surface area contributed by atoms with E-state index in [1.54, 1.807) is 6.92 Å². The fraction of sp³-hybridized carbons (Fsp3) is 0.522. The zero-order valence-corrected chi connectivity index (χ0v) is 17.4. The Bertz CT molecular complexity index is 643. The Morgan fingerprint density at radius 1 is 1.27 bits per heavy atom. The minimum atomic E-state index is -0.468. The van der Waals surface area contributed by atoms with Crippen molar-refractivity contribution in [2.24, 2.45) is 11.1 Å². The van der Waals surface area contributed by atoms with Crippen LogP contribution in [0, 0.1) is 5.41 Å². The molecule has 0 unspecified atom stereocenters. The van der Waals surface area contributed by atoms with Crippen LogP contribution in [0.3, 0.4) is 0 Å². The minimum Gasteiger partial charge on any atom is -0.351 e. The van der Waals surface area contributed by atoms with Crippen LogP contribution in [0.2, 0.25) is 0 Å². The highest BCUT2D eigenvalue weighted by atomic mass is 16.2. The molecule has 3 N–H and O–H groups in total. The molecule has 0 bridgehead atoms. The van der Waals surface area contributed by atoms with Crippen molar-refractivity contribution < 1.29 is 4.79 Å². The molecule has 0 heterocycles. The molecular weight excluding hydrogens is 320 g/mol. The smallest absolute Gasteiger partial charge is 0.236 e. The summed E-state index contributed by atoms with van der Waals surface area (Å²) < 4.78 is 0. The van der Waals surface area contributed by atoms with Crippen molar-refractivity contribution in [1.82, 2.24) is 5.32 Å². The van der Waals surface area contributed by atoms with E-state index in [0.717, 1.165) is 5.57 Å². The van der Waals surface area contributed by atoms with Crippen LogP contribution in [0.25, 0.3) is 0 Å². The normalized spacial score (nSPS) is 20.1. The minimum absolute atomic E-state index is 0.130. The molecule has 1 aliphatic rings. The fourth-order valence-electron chi connectivity index (χ4n) is 3.17. The molecule has 0 aromatic heterocycles. The van der Waals surface area contributed by atoms with Gasteiger partial charge in [0.2, 0.25) is 5.91 Å². The maximum Gasteiger partial charge on any atom is 0.236 e. The van der Waals surface area contributed by atoms with Crippen LogP contribution in [0.1, 0.15) is 60.8 Å². The van der Waals surface area contributed by atoms with Crippen molar-refractivity contribution in [2.45, 2.75) is 66.8 Å². The predicted molar refractivity (Wildman–Crippen MR) is 113 cm³/mol. The van der Waals surface area contributed by atoms with Gasteiger partial charge in [0.05, 0.1) is 6.04 Å². The first-order chi connectivity index (χ1) is 12.1. The Morgan fingerprint density at radius 2 is 1.96 bits per heavy atom. The molecule has 1 atom stereocenters. The molecule has 0 spiro atoms. The maximum absolute atomic E-state index is 11.4. The lowest BCUT2D eigenvalue weighted by molar-refractivity contribution is -0.121. The van der Waals surface area contributed by atoms with Gasteiger partial charge in [-0.25, -0.2) is 0 Å². The molecule has 0 aromatic carbocycles. The van der Waals surface area contributed by atoms with Gasteiger partial charge in [-0.3, -0.25) is 4.79 Å². The summed E-state index contributed by atoms with van der Waals surface area (Å²) >= 11 is 0. The van der Waals surface area contributed by atoms with Crippen molar-refractivity contribution in [1.29, 1.82) is 0 Å².